The Labute approximate surface area is 212 Å². The lowest BCUT2D eigenvalue weighted by Gasteiger charge is -2.11. The number of hydrogen-bond acceptors (Lipinski definition) is 9. The van der Waals surface area contributed by atoms with Gasteiger partial charge in [-0.05, 0) is 55.8 Å². The summed E-state index contributed by atoms with van der Waals surface area (Å²) in [7, 11) is 1.21. The average Bonchev–Trinajstić information content (AvgIpc) is 3.39. The van der Waals surface area contributed by atoms with Gasteiger partial charge in [-0.25, -0.2) is 9.18 Å². The van der Waals surface area contributed by atoms with Gasteiger partial charge < -0.3 is 19.3 Å². The van der Waals surface area contributed by atoms with Crippen LogP contribution in [-0.2, 0) is 14.4 Å². The second kappa shape index (κ2) is 13.0. The first-order chi connectivity index (χ1) is 17.8. The number of hydroxylamine groups is 1. The summed E-state index contributed by atoms with van der Waals surface area (Å²) < 4.78 is 29.2. The molecule has 10 nitrogen and oxygen atoms in total. The number of methoxy groups -OCH3 is 1. The zero-order valence-corrected chi connectivity index (χ0v) is 20.5. The van der Waals surface area contributed by atoms with Gasteiger partial charge in [0.1, 0.15) is 35.0 Å². The third-order valence-corrected chi connectivity index (χ3v) is 4.80. The maximum absolute atomic E-state index is 13.3. The van der Waals surface area contributed by atoms with Crippen LogP contribution in [0.15, 0.2) is 59.3 Å². The van der Waals surface area contributed by atoms with Crippen molar-refractivity contribution in [3.63, 3.8) is 0 Å². The molecule has 1 heterocycles. The van der Waals surface area contributed by atoms with Gasteiger partial charge in [-0.2, -0.15) is 0 Å². The number of amides is 1. The van der Waals surface area contributed by atoms with E-state index >= 15 is 0 Å². The number of carbonyl (C=O) groups excluding carboxylic acids is 3. The Balaban J connectivity index is 1.91. The van der Waals surface area contributed by atoms with Gasteiger partial charge in [-0.15, -0.1) is 0 Å². The van der Waals surface area contributed by atoms with Gasteiger partial charge in [0.25, 0.3) is 5.91 Å². The number of nitrogens with one attached hydrogen (secondary N) is 2. The highest BCUT2D eigenvalue weighted by Gasteiger charge is 2.16. The van der Waals surface area contributed by atoms with Crippen molar-refractivity contribution in [1.29, 1.82) is 0 Å². The Morgan fingerprint density at radius 1 is 1.08 bits per heavy atom. The van der Waals surface area contributed by atoms with Crippen molar-refractivity contribution < 1.29 is 37.6 Å². The lowest BCUT2D eigenvalue weighted by molar-refractivity contribution is -0.116. The molecule has 11 heteroatoms. The first-order valence-electron chi connectivity index (χ1n) is 11.3. The van der Waals surface area contributed by atoms with Crippen LogP contribution in [0.2, 0.25) is 0 Å². The molecule has 0 unspecified atom stereocenters. The van der Waals surface area contributed by atoms with E-state index in [1.54, 1.807) is 18.2 Å². The van der Waals surface area contributed by atoms with Crippen LogP contribution in [0.4, 0.5) is 4.39 Å². The number of nitrogens with zero attached hydrogens (tertiary/aromatic N) is 1. The Kier molecular flexibility index (Phi) is 9.50. The van der Waals surface area contributed by atoms with Crippen molar-refractivity contribution in [2.75, 3.05) is 20.3 Å². The predicted molar refractivity (Wildman–Crippen MR) is 131 cm³/mol. The molecule has 0 bridgehead atoms. The molecule has 37 heavy (non-hydrogen) atoms. The van der Waals surface area contributed by atoms with Gasteiger partial charge in [-0.3, -0.25) is 19.9 Å². The minimum atomic E-state index is -0.682. The molecular weight excluding hydrogens is 485 g/mol. The van der Waals surface area contributed by atoms with Gasteiger partial charge in [0, 0.05) is 17.2 Å². The fourth-order valence-electron chi connectivity index (χ4n) is 2.99. The highest BCUT2D eigenvalue weighted by molar-refractivity contribution is 5.99. The van der Waals surface area contributed by atoms with Gasteiger partial charge in [0.05, 0.1) is 25.8 Å². The number of benzene rings is 2. The van der Waals surface area contributed by atoms with Gasteiger partial charge in [0.2, 0.25) is 0 Å². The van der Waals surface area contributed by atoms with Crippen molar-refractivity contribution in [1.82, 2.24) is 16.0 Å². The van der Waals surface area contributed by atoms with E-state index in [9.17, 15) is 18.8 Å². The van der Waals surface area contributed by atoms with E-state index in [0.29, 0.717) is 17.9 Å². The third kappa shape index (κ3) is 7.74. The smallest absolute Gasteiger partial charge is 0.338 e. The minimum Gasteiger partial charge on any atom is -0.465 e. The summed E-state index contributed by atoms with van der Waals surface area (Å²) >= 11 is 0. The van der Waals surface area contributed by atoms with E-state index in [1.807, 2.05) is 6.92 Å². The fraction of sp³-hybridized carbons (Fsp3) is 0.231. The summed E-state index contributed by atoms with van der Waals surface area (Å²) in [6, 6.07) is 11.5. The Morgan fingerprint density at radius 3 is 2.49 bits per heavy atom. The van der Waals surface area contributed by atoms with E-state index in [2.05, 4.69) is 16.0 Å². The molecule has 0 radical (unpaired) electrons. The van der Waals surface area contributed by atoms with Crippen molar-refractivity contribution >= 4 is 23.4 Å². The number of hydrogen-bond donors (Lipinski definition) is 2. The molecule has 0 aliphatic rings. The van der Waals surface area contributed by atoms with E-state index in [4.69, 9.17) is 18.8 Å². The molecule has 3 rings (SSSR count). The van der Waals surface area contributed by atoms with Gasteiger partial charge in [0.15, 0.2) is 5.76 Å². The van der Waals surface area contributed by atoms with Crippen molar-refractivity contribution in [3.05, 3.63) is 77.5 Å². The lowest BCUT2D eigenvalue weighted by Crippen LogP contribution is -2.28. The Hall–Kier alpha value is -4.51. The van der Waals surface area contributed by atoms with Crippen LogP contribution in [0, 0.1) is 5.82 Å². The van der Waals surface area contributed by atoms with Crippen molar-refractivity contribution in [2.24, 2.45) is 0 Å². The monoisotopic (exact) mass is 511 g/mol. The van der Waals surface area contributed by atoms with Crippen LogP contribution < -0.4 is 15.5 Å². The van der Waals surface area contributed by atoms with Crippen LogP contribution in [0.3, 0.4) is 0 Å². The normalized spacial score (nSPS) is 11.1. The molecule has 2 N–H and O–H groups in total. The van der Waals surface area contributed by atoms with E-state index in [0.717, 1.165) is 6.42 Å². The predicted octanol–water partition coefficient (Wildman–Crippen LogP) is 3.89. The summed E-state index contributed by atoms with van der Waals surface area (Å²) in [4.78, 5) is 41.3. The van der Waals surface area contributed by atoms with Crippen LogP contribution in [-0.4, -0.2) is 43.1 Å². The Morgan fingerprint density at radius 2 is 1.81 bits per heavy atom. The highest BCUT2D eigenvalue weighted by Crippen LogP contribution is 2.24. The fourth-order valence-corrected chi connectivity index (χ4v) is 2.99. The number of ether oxygens (including phenoxy) is 2. The van der Waals surface area contributed by atoms with Crippen LogP contribution in [0.25, 0.3) is 17.0 Å². The Bertz CT molecular complexity index is 1290. The number of carbonyl (C=O) groups is 3. The number of esters is 1. The number of halogens is 1. The standard InChI is InChI=1S/C26H26FN3O7/c1-4-9-36-29-23(24-13-22(30-37-24)17-5-7-20(27)8-6-17)15-35-21-11-18(25(32)28-14-16(2)31)10-19(12-21)26(33)34-3/h5-8,10-13,15,29H,4,9,14H2,1-3H3,(H,28,32). The molecule has 0 aliphatic carbocycles. The first kappa shape index (κ1) is 27.1. The molecular formula is C26H26FN3O7. The third-order valence-electron chi connectivity index (χ3n) is 4.80. The number of ketones is 1. The maximum atomic E-state index is 13.3. The zero-order chi connectivity index (χ0) is 26.8. The molecule has 0 aliphatic heterocycles. The molecule has 0 spiro atoms. The lowest BCUT2D eigenvalue weighted by atomic mass is 10.1. The molecule has 3 aromatic rings. The van der Waals surface area contributed by atoms with Crippen LogP contribution in [0.5, 0.6) is 5.75 Å². The van der Waals surface area contributed by atoms with Crippen LogP contribution >= 0.6 is 0 Å². The SMILES string of the molecule is CCCONC(=COc1cc(C(=O)NCC(C)=O)cc(C(=O)OC)c1)c1cc(-c2ccc(F)cc2)no1. The summed E-state index contributed by atoms with van der Waals surface area (Å²) in [5.74, 6) is -1.48. The quantitative estimate of drug-likeness (QED) is 0.161. The number of rotatable bonds is 12. The molecule has 0 atom stereocenters. The second-order valence-corrected chi connectivity index (χ2v) is 7.81. The first-order valence-corrected chi connectivity index (χ1v) is 11.3. The zero-order valence-electron chi connectivity index (χ0n) is 20.5. The van der Waals surface area contributed by atoms with E-state index in [1.165, 1.54) is 50.6 Å². The highest BCUT2D eigenvalue weighted by atomic mass is 19.1. The molecule has 1 aromatic heterocycles. The molecule has 0 fully saturated rings. The topological polar surface area (TPSA) is 129 Å². The molecule has 0 saturated heterocycles. The summed E-state index contributed by atoms with van der Waals surface area (Å²) in [6.07, 6.45) is 2.00. The van der Waals surface area contributed by atoms with Gasteiger partial charge >= 0.3 is 5.97 Å². The second-order valence-electron chi connectivity index (χ2n) is 7.81. The van der Waals surface area contributed by atoms with E-state index < -0.39 is 11.9 Å². The minimum absolute atomic E-state index is 0.0661. The average molecular weight is 512 g/mol. The largest absolute Gasteiger partial charge is 0.465 e. The van der Waals surface area contributed by atoms with Crippen molar-refractivity contribution in [2.45, 2.75) is 20.3 Å². The summed E-state index contributed by atoms with van der Waals surface area (Å²) in [5.41, 5.74) is 4.23. The number of Topliss-reactive ketones (excluding diaryl/α,β-unsaturated/α-hetero) is 1. The molecule has 1 amide bonds. The maximum Gasteiger partial charge on any atom is 0.338 e. The summed E-state index contributed by atoms with van der Waals surface area (Å²) in [6.45, 7) is 3.49. The molecule has 0 saturated carbocycles. The van der Waals surface area contributed by atoms with Gasteiger partial charge in [-0.1, -0.05) is 12.1 Å². The summed E-state index contributed by atoms with van der Waals surface area (Å²) in [5, 5.41) is 6.48. The van der Waals surface area contributed by atoms with Crippen LogP contribution in [0.1, 0.15) is 46.7 Å². The van der Waals surface area contributed by atoms with E-state index in [-0.39, 0.29) is 46.5 Å². The molecule has 194 valence electrons. The van der Waals surface area contributed by atoms with Crippen molar-refractivity contribution in [3.8, 4) is 17.0 Å². The number of aromatic nitrogens is 1. The molecule has 2 aromatic carbocycles.